The predicted octanol–water partition coefficient (Wildman–Crippen LogP) is 7.57. The molecule has 29 heavy (non-hydrogen) atoms. The second-order valence-electron chi connectivity index (χ2n) is 9.28. The van der Waals surface area contributed by atoms with Crippen molar-refractivity contribution in [1.29, 1.82) is 0 Å². The molecule has 0 atom stereocenters. The average molecular weight is 399 g/mol. The highest BCUT2D eigenvalue weighted by Crippen LogP contribution is 2.39. The van der Waals surface area contributed by atoms with Gasteiger partial charge in [0, 0.05) is 21.2 Å². The van der Waals surface area contributed by atoms with E-state index in [1.165, 1.54) is 48.3 Å². The number of hydrogen-bond donors (Lipinski definition) is 0. The van der Waals surface area contributed by atoms with E-state index in [0.29, 0.717) is 0 Å². The quantitative estimate of drug-likeness (QED) is 0.300. The van der Waals surface area contributed by atoms with Crippen molar-refractivity contribution >= 4 is 38.0 Å². The van der Waals surface area contributed by atoms with E-state index in [0.717, 1.165) is 12.1 Å². The second-order valence-corrected chi connectivity index (χ2v) is 10.4. The fourth-order valence-corrected chi connectivity index (χ4v) is 5.94. The fraction of sp³-hybridized carbons (Fsp3) is 0.269. The summed E-state index contributed by atoms with van der Waals surface area (Å²) in [6.45, 7) is 11.3. The molecule has 0 aliphatic carbocycles. The van der Waals surface area contributed by atoms with Crippen LogP contribution < -0.4 is 0 Å². The van der Waals surface area contributed by atoms with Gasteiger partial charge in [-0.15, -0.1) is 11.3 Å². The molecule has 3 aromatic heterocycles. The number of imidazole rings is 1. The third-order valence-electron chi connectivity index (χ3n) is 5.63. The number of benzene rings is 2. The lowest BCUT2D eigenvalue weighted by Crippen LogP contribution is -2.07. The number of nitrogens with zero attached hydrogens (tertiary/aromatic N) is 2. The van der Waals surface area contributed by atoms with Crippen molar-refractivity contribution in [3.05, 3.63) is 70.7 Å². The molecule has 0 amide bonds. The molecular weight excluding hydrogens is 372 g/mol. The van der Waals surface area contributed by atoms with Crippen LogP contribution in [0.3, 0.4) is 0 Å². The van der Waals surface area contributed by atoms with E-state index < -0.39 is 0 Å². The van der Waals surface area contributed by atoms with Crippen LogP contribution in [0.1, 0.15) is 36.8 Å². The molecule has 0 unspecified atom stereocenters. The van der Waals surface area contributed by atoms with Crippen LogP contribution in [-0.4, -0.2) is 9.38 Å². The third kappa shape index (κ3) is 2.96. The van der Waals surface area contributed by atoms with Crippen LogP contribution in [0.15, 0.2) is 54.7 Å². The molecule has 0 bridgehead atoms. The molecule has 0 radical (unpaired) electrons. The van der Waals surface area contributed by atoms with Gasteiger partial charge in [-0.25, -0.2) is 4.98 Å². The summed E-state index contributed by atoms with van der Waals surface area (Å²) in [4.78, 5) is 7.64. The molecule has 0 N–H and O–H groups in total. The smallest absolute Gasteiger partial charge is 0.146 e. The molecule has 2 aromatic carbocycles. The Labute approximate surface area is 175 Å². The van der Waals surface area contributed by atoms with Gasteiger partial charge in [-0.3, -0.25) is 4.40 Å². The van der Waals surface area contributed by atoms with Crippen molar-refractivity contribution in [3.8, 4) is 11.3 Å². The van der Waals surface area contributed by atoms with E-state index in [9.17, 15) is 0 Å². The first kappa shape index (κ1) is 18.4. The minimum Gasteiger partial charge on any atom is -0.283 e. The molecule has 0 fully saturated rings. The van der Waals surface area contributed by atoms with Gasteiger partial charge in [-0.2, -0.15) is 0 Å². The van der Waals surface area contributed by atoms with E-state index >= 15 is 0 Å². The molecule has 0 saturated heterocycles. The first-order chi connectivity index (χ1) is 13.8. The highest BCUT2D eigenvalue weighted by Gasteiger charge is 2.20. The van der Waals surface area contributed by atoms with Crippen molar-refractivity contribution in [2.75, 3.05) is 0 Å². The Morgan fingerprint density at radius 3 is 2.28 bits per heavy atom. The summed E-state index contributed by atoms with van der Waals surface area (Å²) in [6.07, 6.45) is 3.13. The van der Waals surface area contributed by atoms with E-state index in [1.54, 1.807) is 0 Å². The van der Waals surface area contributed by atoms with Gasteiger partial charge < -0.3 is 0 Å². The van der Waals surface area contributed by atoms with Crippen molar-refractivity contribution in [2.45, 2.75) is 41.0 Å². The van der Waals surface area contributed by atoms with Gasteiger partial charge in [0.15, 0.2) is 0 Å². The standard InChI is InChI=1S/C26H26N2S/c1-16-9-8-10-17(2)23(16)22-15-27-24-20-12-7-6-11-19(20)21-13-18(14-26(3,4)5)29-25(21)28(22)24/h6-13,15H,14H2,1-5H3. The molecule has 2 nitrogen and oxygen atoms in total. The van der Waals surface area contributed by atoms with Crippen molar-refractivity contribution in [1.82, 2.24) is 9.38 Å². The van der Waals surface area contributed by atoms with Gasteiger partial charge in [0.05, 0.1) is 11.9 Å². The summed E-state index contributed by atoms with van der Waals surface area (Å²) in [5.41, 5.74) is 6.38. The number of pyridine rings is 1. The first-order valence-electron chi connectivity index (χ1n) is 10.2. The summed E-state index contributed by atoms with van der Waals surface area (Å²) >= 11 is 1.92. The van der Waals surface area contributed by atoms with E-state index in [1.807, 2.05) is 11.3 Å². The van der Waals surface area contributed by atoms with Crippen LogP contribution >= 0.6 is 11.3 Å². The molecule has 146 valence electrons. The van der Waals surface area contributed by atoms with Crippen LogP contribution in [0, 0.1) is 19.3 Å². The zero-order valence-electron chi connectivity index (χ0n) is 17.7. The lowest BCUT2D eigenvalue weighted by molar-refractivity contribution is 0.415. The maximum atomic E-state index is 4.91. The summed E-state index contributed by atoms with van der Waals surface area (Å²) < 4.78 is 2.39. The van der Waals surface area contributed by atoms with Gasteiger partial charge in [0.2, 0.25) is 0 Å². The summed E-state index contributed by atoms with van der Waals surface area (Å²) in [6, 6.07) is 17.6. The van der Waals surface area contributed by atoms with Crippen LogP contribution in [-0.2, 0) is 6.42 Å². The number of hydrogen-bond acceptors (Lipinski definition) is 2. The lowest BCUT2D eigenvalue weighted by atomic mass is 9.91. The summed E-state index contributed by atoms with van der Waals surface area (Å²) in [5.74, 6) is 0. The number of thiophene rings is 1. The highest BCUT2D eigenvalue weighted by atomic mass is 32.1. The Morgan fingerprint density at radius 1 is 0.897 bits per heavy atom. The minimum absolute atomic E-state index is 0.264. The number of rotatable bonds is 2. The van der Waals surface area contributed by atoms with Crippen LogP contribution in [0.5, 0.6) is 0 Å². The Bertz CT molecular complexity index is 1360. The predicted molar refractivity (Wildman–Crippen MR) is 126 cm³/mol. The monoisotopic (exact) mass is 398 g/mol. The largest absolute Gasteiger partial charge is 0.283 e. The van der Waals surface area contributed by atoms with Crippen molar-refractivity contribution < 1.29 is 0 Å². The molecule has 3 heteroatoms. The molecule has 0 aliphatic heterocycles. The van der Waals surface area contributed by atoms with Crippen molar-refractivity contribution in [3.63, 3.8) is 0 Å². The zero-order chi connectivity index (χ0) is 20.3. The average Bonchev–Trinajstić information content (AvgIpc) is 3.25. The third-order valence-corrected chi connectivity index (χ3v) is 6.75. The summed E-state index contributed by atoms with van der Waals surface area (Å²) in [5, 5.41) is 3.85. The van der Waals surface area contributed by atoms with Crippen LogP contribution in [0.25, 0.3) is 37.9 Å². The Kier molecular flexibility index (Phi) is 4.08. The Balaban J connectivity index is 1.93. The highest BCUT2D eigenvalue weighted by molar-refractivity contribution is 7.18. The van der Waals surface area contributed by atoms with Gasteiger partial charge in [0.1, 0.15) is 10.5 Å². The number of aryl methyl sites for hydroxylation is 2. The van der Waals surface area contributed by atoms with E-state index in [-0.39, 0.29) is 5.41 Å². The van der Waals surface area contributed by atoms with Crippen LogP contribution in [0.2, 0.25) is 0 Å². The molecule has 0 spiro atoms. The topological polar surface area (TPSA) is 17.3 Å². The Morgan fingerprint density at radius 2 is 1.59 bits per heavy atom. The fourth-order valence-electron chi connectivity index (χ4n) is 4.46. The maximum absolute atomic E-state index is 4.91. The van der Waals surface area contributed by atoms with E-state index in [4.69, 9.17) is 4.98 Å². The maximum Gasteiger partial charge on any atom is 0.146 e. The molecular formula is C26H26N2S. The number of fused-ring (bicyclic) bond motifs is 6. The normalized spacial score (nSPS) is 12.4. The van der Waals surface area contributed by atoms with Gasteiger partial charge in [-0.1, -0.05) is 63.2 Å². The molecule has 0 saturated carbocycles. The van der Waals surface area contributed by atoms with E-state index in [2.05, 4.69) is 93.7 Å². The SMILES string of the molecule is Cc1cccc(C)c1-c1cnc2c3ccccc3c3cc(CC(C)(C)C)sc3n12. The first-order valence-corrected chi connectivity index (χ1v) is 11.0. The molecule has 5 rings (SSSR count). The molecule has 0 aliphatic rings. The minimum atomic E-state index is 0.264. The van der Waals surface area contributed by atoms with Crippen LogP contribution in [0.4, 0.5) is 0 Å². The van der Waals surface area contributed by atoms with Gasteiger partial charge in [-0.05, 0) is 48.3 Å². The molecule has 5 aromatic rings. The zero-order valence-corrected chi connectivity index (χ0v) is 18.5. The lowest BCUT2D eigenvalue weighted by Gasteiger charge is -2.16. The van der Waals surface area contributed by atoms with Gasteiger partial charge >= 0.3 is 0 Å². The number of aromatic nitrogens is 2. The Hall–Kier alpha value is -2.65. The second kappa shape index (κ2) is 6.43. The van der Waals surface area contributed by atoms with Gasteiger partial charge in [0.25, 0.3) is 0 Å². The summed E-state index contributed by atoms with van der Waals surface area (Å²) in [7, 11) is 0. The molecule has 3 heterocycles. The van der Waals surface area contributed by atoms with Crippen molar-refractivity contribution in [2.24, 2.45) is 5.41 Å².